The average Bonchev–Trinajstić information content (AvgIpc) is 2.56. The molecule has 0 atom stereocenters. The summed E-state index contributed by atoms with van der Waals surface area (Å²) in [6, 6.07) is 0. The maximum atomic E-state index is 13.2. The molecule has 0 bridgehead atoms. The molecule has 23 heavy (non-hydrogen) atoms. The molecule has 0 saturated heterocycles. The molecule has 0 N–H and O–H groups in total. The van der Waals surface area contributed by atoms with Gasteiger partial charge in [-0.25, -0.2) is 0 Å². The van der Waals surface area contributed by atoms with Gasteiger partial charge in [0.15, 0.2) is 5.78 Å². The fraction of sp³-hybridized carbons (Fsp3) is 0.944. The van der Waals surface area contributed by atoms with Gasteiger partial charge in [-0.15, -0.1) is 0 Å². The maximum absolute atomic E-state index is 13.2. The molecule has 0 aromatic rings. The number of hydrogen-bond acceptors (Lipinski definition) is 3. The molecule has 0 aromatic heterocycles. The third kappa shape index (κ3) is 2.49. The topological polar surface area (TPSA) is 35.5 Å². The summed E-state index contributed by atoms with van der Waals surface area (Å²) >= 11 is 13.8. The monoisotopic (exact) mass is 362 g/mol. The van der Waals surface area contributed by atoms with E-state index in [9.17, 15) is 4.79 Å². The summed E-state index contributed by atoms with van der Waals surface area (Å²) in [5.41, 5.74) is -1.08. The fourth-order valence-electron chi connectivity index (χ4n) is 5.19. The molecule has 3 aliphatic rings. The van der Waals surface area contributed by atoms with E-state index in [2.05, 4.69) is 0 Å². The van der Waals surface area contributed by atoms with Crippen molar-refractivity contribution >= 4 is 29.0 Å². The van der Waals surface area contributed by atoms with Crippen molar-refractivity contribution in [1.29, 1.82) is 0 Å². The minimum Gasteiger partial charge on any atom is -0.379 e. The van der Waals surface area contributed by atoms with Crippen molar-refractivity contribution in [2.75, 3.05) is 13.2 Å². The van der Waals surface area contributed by atoms with E-state index in [-0.39, 0.29) is 12.2 Å². The molecule has 3 aliphatic carbocycles. The Morgan fingerprint density at radius 2 is 1.22 bits per heavy atom. The van der Waals surface area contributed by atoms with Crippen LogP contribution in [0.1, 0.15) is 65.2 Å². The maximum Gasteiger partial charge on any atom is 0.151 e. The van der Waals surface area contributed by atoms with Crippen LogP contribution in [0.4, 0.5) is 0 Å². The van der Waals surface area contributed by atoms with Gasteiger partial charge in [-0.05, 0) is 65.2 Å². The lowest BCUT2D eigenvalue weighted by Gasteiger charge is -2.66. The normalized spacial score (nSPS) is 42.9. The van der Waals surface area contributed by atoms with E-state index in [1.54, 1.807) is 0 Å². The summed E-state index contributed by atoms with van der Waals surface area (Å²) in [6.07, 6.45) is 7.12. The number of halogens is 2. The van der Waals surface area contributed by atoms with Crippen LogP contribution in [0.15, 0.2) is 0 Å². The predicted octanol–water partition coefficient (Wildman–Crippen LogP) is 4.67. The van der Waals surface area contributed by atoms with Gasteiger partial charge in [0, 0.05) is 13.2 Å². The van der Waals surface area contributed by atoms with E-state index in [1.165, 1.54) is 0 Å². The number of ether oxygens (including phenoxy) is 2. The van der Waals surface area contributed by atoms with Crippen LogP contribution >= 0.6 is 23.2 Å². The zero-order valence-electron chi connectivity index (χ0n) is 14.2. The Morgan fingerprint density at radius 3 is 1.48 bits per heavy atom. The van der Waals surface area contributed by atoms with E-state index in [0.29, 0.717) is 5.78 Å². The fourth-order valence-corrected chi connectivity index (χ4v) is 6.29. The van der Waals surface area contributed by atoms with Crippen LogP contribution in [0.2, 0.25) is 0 Å². The minimum atomic E-state index is -0.925. The van der Waals surface area contributed by atoms with Gasteiger partial charge in [-0.2, -0.15) is 0 Å². The summed E-state index contributed by atoms with van der Waals surface area (Å²) in [5.74, 6) is 0.319. The number of rotatable bonds is 4. The second-order valence-corrected chi connectivity index (χ2v) is 8.70. The second-order valence-electron chi connectivity index (χ2n) is 7.38. The minimum absolute atomic E-state index is 0.257. The molecule has 0 aromatic carbocycles. The van der Waals surface area contributed by atoms with E-state index in [0.717, 1.165) is 64.6 Å². The zero-order valence-corrected chi connectivity index (χ0v) is 15.7. The van der Waals surface area contributed by atoms with Crippen molar-refractivity contribution in [3.8, 4) is 0 Å². The lowest BCUT2D eigenvalue weighted by atomic mass is 9.43. The van der Waals surface area contributed by atoms with Crippen LogP contribution in [0.3, 0.4) is 0 Å². The van der Waals surface area contributed by atoms with Crippen LogP contribution in [-0.4, -0.2) is 35.5 Å². The molecular formula is C18H28Cl2O3. The Kier molecular flexibility index (Phi) is 5.06. The summed E-state index contributed by atoms with van der Waals surface area (Å²) in [4.78, 5) is 13.2. The predicted molar refractivity (Wildman–Crippen MR) is 92.1 cm³/mol. The molecule has 132 valence electrons. The first-order chi connectivity index (χ1) is 10.9. The number of Topliss-reactive ketones (excluding diaryl/α,β-unsaturated/α-hetero) is 1. The molecule has 2 spiro atoms. The molecule has 3 rings (SSSR count). The van der Waals surface area contributed by atoms with Crippen molar-refractivity contribution in [2.45, 2.75) is 81.8 Å². The highest BCUT2D eigenvalue weighted by atomic mass is 35.5. The smallest absolute Gasteiger partial charge is 0.151 e. The van der Waals surface area contributed by atoms with E-state index >= 15 is 0 Å². The first kappa shape index (κ1) is 18.0. The second kappa shape index (κ2) is 6.48. The number of carbonyl (C=O) groups excluding carboxylic acids is 1. The lowest BCUT2D eigenvalue weighted by molar-refractivity contribution is -0.176. The molecule has 3 fully saturated rings. The van der Waals surface area contributed by atoms with Gasteiger partial charge in [0.2, 0.25) is 0 Å². The standard InChI is InChI=1S/C18H28Cl2O3/c1-3-22-13-5-9-16(10-6-13)15(21)17(18(16,19)20)11-7-14(8-12-17)23-4-2/h13-14H,3-12H2,1-2H3/t13?,14?,16-,17-. The summed E-state index contributed by atoms with van der Waals surface area (Å²) in [7, 11) is 0. The van der Waals surface area contributed by atoms with Gasteiger partial charge >= 0.3 is 0 Å². The van der Waals surface area contributed by atoms with E-state index in [4.69, 9.17) is 32.7 Å². The molecule has 0 radical (unpaired) electrons. The Hall–Kier alpha value is 0.170. The molecule has 0 unspecified atom stereocenters. The van der Waals surface area contributed by atoms with Crippen molar-refractivity contribution in [1.82, 2.24) is 0 Å². The largest absolute Gasteiger partial charge is 0.379 e. The van der Waals surface area contributed by atoms with Crippen molar-refractivity contribution in [2.24, 2.45) is 10.8 Å². The Labute approximate surface area is 149 Å². The third-order valence-corrected chi connectivity index (χ3v) is 7.90. The zero-order chi connectivity index (χ0) is 16.7. The molecule has 5 heteroatoms. The SMILES string of the molecule is CCOC1CC[C@]2(CC1)C(=O)[C@@]1(CCC(OCC)CC1)C2(Cl)Cl. The lowest BCUT2D eigenvalue weighted by Crippen LogP contribution is -2.74. The van der Waals surface area contributed by atoms with Gasteiger partial charge < -0.3 is 9.47 Å². The van der Waals surface area contributed by atoms with Crippen LogP contribution in [0, 0.1) is 10.8 Å². The highest BCUT2D eigenvalue weighted by molar-refractivity contribution is 6.55. The Balaban J connectivity index is 1.70. The third-order valence-electron chi connectivity index (χ3n) is 6.45. The molecule has 3 nitrogen and oxygen atoms in total. The summed E-state index contributed by atoms with van der Waals surface area (Å²) in [6.45, 7) is 5.47. The first-order valence-electron chi connectivity index (χ1n) is 9.09. The molecule has 3 saturated carbocycles. The van der Waals surface area contributed by atoms with Crippen LogP contribution < -0.4 is 0 Å². The average molecular weight is 363 g/mol. The van der Waals surface area contributed by atoms with Gasteiger partial charge in [0.25, 0.3) is 0 Å². The quantitative estimate of drug-likeness (QED) is 0.681. The first-order valence-corrected chi connectivity index (χ1v) is 9.85. The molecule has 0 amide bonds. The summed E-state index contributed by atoms with van der Waals surface area (Å²) < 4.78 is 10.5. The highest BCUT2D eigenvalue weighted by Gasteiger charge is 2.79. The number of ketones is 1. The molecule has 0 aliphatic heterocycles. The number of hydrogen-bond donors (Lipinski definition) is 0. The van der Waals surface area contributed by atoms with Crippen molar-refractivity contribution in [3.63, 3.8) is 0 Å². The van der Waals surface area contributed by atoms with Crippen molar-refractivity contribution in [3.05, 3.63) is 0 Å². The van der Waals surface area contributed by atoms with E-state index in [1.807, 2.05) is 13.8 Å². The van der Waals surface area contributed by atoms with Crippen LogP contribution in [0.5, 0.6) is 0 Å². The van der Waals surface area contributed by atoms with E-state index < -0.39 is 15.2 Å². The van der Waals surface area contributed by atoms with Crippen LogP contribution in [0.25, 0.3) is 0 Å². The van der Waals surface area contributed by atoms with Gasteiger partial charge in [-0.1, -0.05) is 23.2 Å². The Bertz CT molecular complexity index is 409. The van der Waals surface area contributed by atoms with Crippen LogP contribution in [-0.2, 0) is 14.3 Å². The number of carbonyl (C=O) groups is 1. The summed E-state index contributed by atoms with van der Waals surface area (Å²) in [5, 5.41) is 0. The Morgan fingerprint density at radius 1 is 0.870 bits per heavy atom. The van der Waals surface area contributed by atoms with Gasteiger partial charge in [0.05, 0.1) is 23.0 Å². The number of alkyl halides is 2. The molecular weight excluding hydrogens is 335 g/mol. The van der Waals surface area contributed by atoms with Gasteiger partial charge in [0.1, 0.15) is 4.33 Å². The van der Waals surface area contributed by atoms with Gasteiger partial charge in [-0.3, -0.25) is 4.79 Å². The van der Waals surface area contributed by atoms with Crippen molar-refractivity contribution < 1.29 is 14.3 Å². The highest BCUT2D eigenvalue weighted by Crippen LogP contribution is 2.73. The molecule has 0 heterocycles.